The molecule has 0 saturated carbocycles. The average Bonchev–Trinajstić information content (AvgIpc) is 2.90. The van der Waals surface area contributed by atoms with E-state index in [1.165, 1.54) is 0 Å². The van der Waals surface area contributed by atoms with Crippen LogP contribution in [0.1, 0.15) is 11.3 Å². The number of halogens is 3. The molecule has 7 heteroatoms. The van der Waals surface area contributed by atoms with Gasteiger partial charge in [-0.3, -0.25) is 0 Å². The van der Waals surface area contributed by atoms with E-state index in [2.05, 4.69) is 9.97 Å². The van der Waals surface area contributed by atoms with Crippen molar-refractivity contribution >= 4 is 11.2 Å². The van der Waals surface area contributed by atoms with Crippen molar-refractivity contribution in [3.63, 3.8) is 0 Å². The molecule has 0 atom stereocenters. The summed E-state index contributed by atoms with van der Waals surface area (Å²) in [5, 5.41) is 8.97. The third kappa shape index (κ3) is 2.31. The minimum Gasteiger partial charge on any atom is -0.433 e. The molecular formula is C14H6F3N3O. The molecule has 0 bridgehead atoms. The largest absolute Gasteiger partial charge is 0.433 e. The highest BCUT2D eigenvalue weighted by Gasteiger charge is 2.34. The Hall–Kier alpha value is -2.88. The first-order chi connectivity index (χ1) is 9.99. The Morgan fingerprint density at radius 3 is 2.43 bits per heavy atom. The SMILES string of the molecule is N#Cc1cc(C(F)(F)F)nc2nc(-c3ccccc3)oc12. The van der Waals surface area contributed by atoms with Gasteiger partial charge in [-0.2, -0.15) is 23.4 Å². The number of nitriles is 1. The number of alkyl halides is 3. The Balaban J connectivity index is 2.24. The summed E-state index contributed by atoms with van der Waals surface area (Å²) >= 11 is 0. The highest BCUT2D eigenvalue weighted by atomic mass is 19.4. The highest BCUT2D eigenvalue weighted by molar-refractivity contribution is 5.78. The van der Waals surface area contributed by atoms with Gasteiger partial charge in [0.15, 0.2) is 5.58 Å². The lowest BCUT2D eigenvalue weighted by Crippen LogP contribution is -2.08. The monoisotopic (exact) mass is 289 g/mol. The molecule has 0 N–H and O–H groups in total. The Kier molecular flexibility index (Phi) is 2.87. The van der Waals surface area contributed by atoms with Gasteiger partial charge in [-0.25, -0.2) is 4.98 Å². The normalized spacial score (nSPS) is 11.5. The lowest BCUT2D eigenvalue weighted by Gasteiger charge is -2.04. The molecule has 3 rings (SSSR count). The fourth-order valence-corrected chi connectivity index (χ4v) is 1.84. The second-order valence-electron chi connectivity index (χ2n) is 4.20. The van der Waals surface area contributed by atoms with Crippen molar-refractivity contribution in [1.82, 2.24) is 9.97 Å². The fourth-order valence-electron chi connectivity index (χ4n) is 1.84. The zero-order chi connectivity index (χ0) is 15.0. The topological polar surface area (TPSA) is 62.7 Å². The van der Waals surface area contributed by atoms with E-state index >= 15 is 0 Å². The van der Waals surface area contributed by atoms with E-state index in [-0.39, 0.29) is 22.7 Å². The molecular weight excluding hydrogens is 283 g/mol. The van der Waals surface area contributed by atoms with Gasteiger partial charge in [-0.05, 0) is 18.2 Å². The van der Waals surface area contributed by atoms with Gasteiger partial charge in [-0.1, -0.05) is 18.2 Å². The molecule has 0 fully saturated rings. The van der Waals surface area contributed by atoms with Crippen LogP contribution >= 0.6 is 0 Å². The highest BCUT2D eigenvalue weighted by Crippen LogP contribution is 2.32. The first kappa shape index (κ1) is 13.1. The smallest absolute Gasteiger partial charge is 0.433 e. The average molecular weight is 289 g/mol. The molecule has 4 nitrogen and oxygen atoms in total. The number of nitrogens with zero attached hydrogens (tertiary/aromatic N) is 3. The van der Waals surface area contributed by atoms with Crippen molar-refractivity contribution in [3.8, 4) is 17.5 Å². The molecule has 0 aliphatic heterocycles. The molecule has 0 spiro atoms. The minimum atomic E-state index is -4.65. The summed E-state index contributed by atoms with van der Waals surface area (Å²) in [5.41, 5.74) is -1.11. The van der Waals surface area contributed by atoms with E-state index in [0.29, 0.717) is 11.6 Å². The summed E-state index contributed by atoms with van der Waals surface area (Å²) in [6, 6.07) is 11.0. The van der Waals surface area contributed by atoms with Crippen molar-refractivity contribution in [2.24, 2.45) is 0 Å². The molecule has 21 heavy (non-hydrogen) atoms. The lowest BCUT2D eigenvalue weighted by molar-refractivity contribution is -0.141. The third-order valence-corrected chi connectivity index (χ3v) is 2.79. The summed E-state index contributed by atoms with van der Waals surface area (Å²) < 4.78 is 43.6. The minimum absolute atomic E-state index is 0.0515. The Labute approximate surface area is 116 Å². The number of aromatic nitrogens is 2. The maximum absolute atomic E-state index is 12.7. The second-order valence-corrected chi connectivity index (χ2v) is 4.20. The molecule has 0 radical (unpaired) electrons. The zero-order valence-electron chi connectivity index (χ0n) is 10.3. The van der Waals surface area contributed by atoms with Crippen molar-refractivity contribution in [2.45, 2.75) is 6.18 Å². The number of oxazole rings is 1. The third-order valence-electron chi connectivity index (χ3n) is 2.79. The number of rotatable bonds is 1. The molecule has 0 saturated heterocycles. The maximum atomic E-state index is 12.7. The fraction of sp³-hybridized carbons (Fsp3) is 0.0714. The van der Waals surface area contributed by atoms with E-state index in [9.17, 15) is 13.2 Å². The van der Waals surface area contributed by atoms with E-state index in [4.69, 9.17) is 9.68 Å². The summed E-state index contributed by atoms with van der Waals surface area (Å²) in [7, 11) is 0. The molecule has 0 amide bonds. The molecule has 2 aromatic heterocycles. The first-order valence-electron chi connectivity index (χ1n) is 5.83. The van der Waals surface area contributed by atoms with Crippen LogP contribution < -0.4 is 0 Å². The van der Waals surface area contributed by atoms with Gasteiger partial charge in [0.05, 0.1) is 0 Å². The number of hydrogen-bond donors (Lipinski definition) is 0. The summed E-state index contributed by atoms with van der Waals surface area (Å²) in [6.45, 7) is 0. The summed E-state index contributed by atoms with van der Waals surface area (Å²) in [5.74, 6) is 0.119. The van der Waals surface area contributed by atoms with Crippen LogP contribution in [0.15, 0.2) is 40.8 Å². The standard InChI is InChI=1S/C14H6F3N3O/c15-14(16,17)10-6-9(7-18)11-12(19-10)20-13(21-11)8-4-2-1-3-5-8/h1-6H. The molecule has 2 heterocycles. The van der Waals surface area contributed by atoms with Crippen LogP contribution in [0.3, 0.4) is 0 Å². The van der Waals surface area contributed by atoms with E-state index < -0.39 is 11.9 Å². The number of pyridine rings is 1. The zero-order valence-corrected chi connectivity index (χ0v) is 10.3. The van der Waals surface area contributed by atoms with Crippen LogP contribution in [0.4, 0.5) is 13.2 Å². The predicted molar refractivity (Wildman–Crippen MR) is 67.0 cm³/mol. The van der Waals surface area contributed by atoms with Gasteiger partial charge in [0, 0.05) is 5.56 Å². The Bertz CT molecular complexity index is 848. The predicted octanol–water partition coefficient (Wildman–Crippen LogP) is 3.78. The van der Waals surface area contributed by atoms with Crippen LogP contribution in [0, 0.1) is 11.3 Å². The molecule has 3 aromatic rings. The first-order valence-corrected chi connectivity index (χ1v) is 5.83. The van der Waals surface area contributed by atoms with Crippen molar-refractivity contribution in [2.75, 3.05) is 0 Å². The summed E-state index contributed by atoms with van der Waals surface area (Å²) in [4.78, 5) is 7.36. The van der Waals surface area contributed by atoms with Gasteiger partial charge in [0.2, 0.25) is 11.5 Å². The molecule has 104 valence electrons. The van der Waals surface area contributed by atoms with Crippen molar-refractivity contribution in [1.29, 1.82) is 5.26 Å². The molecule has 1 aromatic carbocycles. The van der Waals surface area contributed by atoms with E-state index in [1.807, 2.05) is 0 Å². The van der Waals surface area contributed by atoms with Crippen LogP contribution in [-0.4, -0.2) is 9.97 Å². The second kappa shape index (κ2) is 4.59. The quantitative estimate of drug-likeness (QED) is 0.684. The van der Waals surface area contributed by atoms with E-state index in [0.717, 1.165) is 0 Å². The number of benzene rings is 1. The van der Waals surface area contributed by atoms with Crippen molar-refractivity contribution in [3.05, 3.63) is 47.7 Å². The van der Waals surface area contributed by atoms with Gasteiger partial charge in [0.25, 0.3) is 0 Å². The van der Waals surface area contributed by atoms with Gasteiger partial charge in [0.1, 0.15) is 17.3 Å². The summed E-state index contributed by atoms with van der Waals surface area (Å²) in [6.07, 6.45) is -4.65. The molecule has 0 unspecified atom stereocenters. The number of hydrogen-bond acceptors (Lipinski definition) is 4. The maximum Gasteiger partial charge on any atom is 0.433 e. The van der Waals surface area contributed by atoms with Gasteiger partial charge >= 0.3 is 6.18 Å². The van der Waals surface area contributed by atoms with Crippen LogP contribution in [0.25, 0.3) is 22.7 Å². The Morgan fingerprint density at radius 2 is 1.81 bits per heavy atom. The van der Waals surface area contributed by atoms with Crippen LogP contribution in [-0.2, 0) is 6.18 Å². The molecule has 0 aliphatic rings. The van der Waals surface area contributed by atoms with Gasteiger partial charge in [-0.15, -0.1) is 0 Å². The van der Waals surface area contributed by atoms with Crippen LogP contribution in [0.2, 0.25) is 0 Å². The van der Waals surface area contributed by atoms with Crippen LogP contribution in [0.5, 0.6) is 0 Å². The van der Waals surface area contributed by atoms with E-state index in [1.54, 1.807) is 36.4 Å². The lowest BCUT2D eigenvalue weighted by atomic mass is 10.2. The number of fused-ring (bicyclic) bond motifs is 1. The Morgan fingerprint density at radius 1 is 1.10 bits per heavy atom. The van der Waals surface area contributed by atoms with Crippen molar-refractivity contribution < 1.29 is 17.6 Å². The van der Waals surface area contributed by atoms with Gasteiger partial charge < -0.3 is 4.42 Å². The molecule has 0 aliphatic carbocycles.